The highest BCUT2D eigenvalue weighted by atomic mass is 32.1. The van der Waals surface area contributed by atoms with Crippen LogP contribution in [-0.2, 0) is 27.4 Å². The van der Waals surface area contributed by atoms with Crippen molar-refractivity contribution in [2.45, 2.75) is 13.1 Å². The molecule has 0 aliphatic rings. The molecule has 2 aromatic rings. The van der Waals surface area contributed by atoms with Crippen LogP contribution in [0, 0.1) is 0 Å². The van der Waals surface area contributed by atoms with Crippen molar-refractivity contribution < 1.29 is 34.0 Å². The van der Waals surface area contributed by atoms with Gasteiger partial charge < -0.3 is 34.6 Å². The van der Waals surface area contributed by atoms with E-state index in [9.17, 15) is 0 Å². The van der Waals surface area contributed by atoms with Crippen molar-refractivity contribution in [3.05, 3.63) is 53.9 Å². The highest BCUT2D eigenvalue weighted by molar-refractivity contribution is 7.80. The monoisotopic (exact) mass is 465 g/mol. The van der Waals surface area contributed by atoms with Crippen molar-refractivity contribution in [3.8, 4) is 11.5 Å². The van der Waals surface area contributed by atoms with Crippen LogP contribution in [0.2, 0.25) is 0 Å². The maximum Gasteiger partial charge on any atom is 0.414 e. The lowest BCUT2D eigenvalue weighted by atomic mass is 10.1. The molecule has 10 nitrogen and oxygen atoms in total. The second kappa shape index (κ2) is 14.5. The van der Waals surface area contributed by atoms with Gasteiger partial charge in [-0.3, -0.25) is 4.98 Å². The summed E-state index contributed by atoms with van der Waals surface area (Å²) in [5.41, 5.74) is 2.16. The lowest BCUT2D eigenvalue weighted by Gasteiger charge is -2.26. The van der Waals surface area contributed by atoms with Crippen LogP contribution in [0.15, 0.2) is 42.7 Å². The maximum absolute atomic E-state index is 9.10. The highest BCUT2D eigenvalue weighted by Gasteiger charge is 2.13. The fraction of sp³-hybridized carbons (Fsp3) is 0.333. The predicted molar refractivity (Wildman–Crippen MR) is 121 cm³/mol. The molecule has 0 aliphatic carbocycles. The molecule has 1 aromatic carbocycles. The Hall–Kier alpha value is -3.44. The normalized spacial score (nSPS) is 9.72. The van der Waals surface area contributed by atoms with Gasteiger partial charge in [-0.1, -0.05) is 12.1 Å². The number of hydrogen-bond donors (Lipinski definition) is 3. The topological polar surface area (TPSA) is 130 Å². The van der Waals surface area contributed by atoms with Gasteiger partial charge in [-0.05, 0) is 41.5 Å². The summed E-state index contributed by atoms with van der Waals surface area (Å²) >= 11 is 5.58. The Labute approximate surface area is 191 Å². The number of nitrogens with zero attached hydrogens (tertiary/aromatic N) is 2. The molecule has 11 heteroatoms. The van der Waals surface area contributed by atoms with Crippen LogP contribution in [0.25, 0.3) is 0 Å². The van der Waals surface area contributed by atoms with Crippen LogP contribution in [0.3, 0.4) is 0 Å². The molecule has 1 aromatic heterocycles. The lowest BCUT2D eigenvalue weighted by Crippen LogP contribution is -2.40. The van der Waals surface area contributed by atoms with Crippen LogP contribution in [0.5, 0.6) is 11.5 Å². The molecule has 0 saturated carbocycles. The Bertz CT molecular complexity index is 869. The van der Waals surface area contributed by atoms with Crippen LogP contribution >= 0.6 is 12.2 Å². The maximum atomic E-state index is 9.10. The van der Waals surface area contributed by atoms with Crippen LogP contribution in [0.1, 0.15) is 11.1 Å². The molecular formula is C21H27N3O7S. The van der Waals surface area contributed by atoms with Crippen molar-refractivity contribution in [3.63, 3.8) is 0 Å². The number of ether oxygens (including phenoxy) is 3. The average Bonchev–Trinajstić information content (AvgIpc) is 2.79. The molecule has 0 radical (unpaired) electrons. The first-order chi connectivity index (χ1) is 15.3. The first-order valence-electron chi connectivity index (χ1n) is 9.40. The first-order valence-corrected chi connectivity index (χ1v) is 9.80. The summed E-state index contributed by atoms with van der Waals surface area (Å²) < 4.78 is 15.8. The van der Waals surface area contributed by atoms with Gasteiger partial charge in [0.2, 0.25) is 0 Å². The number of pyridine rings is 1. The Morgan fingerprint density at radius 2 is 1.69 bits per heavy atom. The Balaban J connectivity index is 0.000000751. The van der Waals surface area contributed by atoms with Crippen LogP contribution < -0.4 is 14.8 Å². The van der Waals surface area contributed by atoms with Gasteiger partial charge in [-0.25, -0.2) is 9.59 Å². The summed E-state index contributed by atoms with van der Waals surface area (Å²) in [5, 5.41) is 18.7. The number of carboxylic acid groups (broad SMARTS) is 2. The van der Waals surface area contributed by atoms with E-state index in [0.29, 0.717) is 42.9 Å². The van der Waals surface area contributed by atoms with Crippen LogP contribution in [-0.4, -0.2) is 71.6 Å². The van der Waals surface area contributed by atoms with Gasteiger partial charge in [0.25, 0.3) is 0 Å². The zero-order valence-electron chi connectivity index (χ0n) is 18.1. The standard InChI is InChI=1S/C19H25N3O3S.C2H2O4/c1-23-10-9-21-19(26)22(14-16-5-4-8-20-12-16)13-15-6-7-17(24-2)18(11-15)25-3;3-1(4)2(5)6/h4-8,11-12H,9-10,13-14H2,1-3H3,(H,21,26);(H,3,4)(H,5,6). The number of aliphatic carboxylic acids is 2. The third-order valence-corrected chi connectivity index (χ3v) is 4.37. The van der Waals surface area contributed by atoms with E-state index in [2.05, 4.69) is 15.2 Å². The number of thiocarbonyl (C=S) groups is 1. The van der Waals surface area contributed by atoms with Gasteiger partial charge in [-0.15, -0.1) is 0 Å². The minimum absolute atomic E-state index is 0.594. The fourth-order valence-electron chi connectivity index (χ4n) is 2.48. The molecule has 0 atom stereocenters. The van der Waals surface area contributed by atoms with E-state index in [1.165, 1.54) is 0 Å². The van der Waals surface area contributed by atoms with Gasteiger partial charge in [0.05, 0.1) is 20.8 Å². The average molecular weight is 466 g/mol. The SMILES string of the molecule is COCCNC(=S)N(Cc1cccnc1)Cc1ccc(OC)c(OC)c1.O=C(O)C(=O)O. The van der Waals surface area contributed by atoms with Crippen molar-refractivity contribution >= 4 is 29.3 Å². The van der Waals surface area contributed by atoms with Crippen molar-refractivity contribution in [1.29, 1.82) is 0 Å². The summed E-state index contributed by atoms with van der Waals surface area (Å²) in [6.45, 7) is 2.54. The zero-order valence-corrected chi connectivity index (χ0v) is 18.9. The van der Waals surface area contributed by atoms with E-state index >= 15 is 0 Å². The minimum Gasteiger partial charge on any atom is -0.493 e. The molecule has 0 saturated heterocycles. The molecule has 0 fully saturated rings. The minimum atomic E-state index is -1.82. The second-order valence-electron chi connectivity index (χ2n) is 6.24. The number of nitrogens with one attached hydrogen (secondary N) is 1. The fourth-order valence-corrected chi connectivity index (χ4v) is 2.71. The van der Waals surface area contributed by atoms with E-state index in [-0.39, 0.29) is 0 Å². The molecule has 32 heavy (non-hydrogen) atoms. The molecule has 1 heterocycles. The summed E-state index contributed by atoms with van der Waals surface area (Å²) in [5.74, 6) is -2.24. The van der Waals surface area contributed by atoms with Crippen molar-refractivity contribution in [1.82, 2.24) is 15.2 Å². The molecule has 0 aliphatic heterocycles. The van der Waals surface area contributed by atoms with Crippen molar-refractivity contribution in [2.24, 2.45) is 0 Å². The lowest BCUT2D eigenvalue weighted by molar-refractivity contribution is -0.159. The van der Waals surface area contributed by atoms with Crippen LogP contribution in [0.4, 0.5) is 0 Å². The smallest absolute Gasteiger partial charge is 0.414 e. The predicted octanol–water partition coefficient (Wildman–Crippen LogP) is 1.78. The summed E-state index contributed by atoms with van der Waals surface area (Å²) in [6.07, 6.45) is 3.61. The third kappa shape index (κ3) is 9.58. The largest absolute Gasteiger partial charge is 0.493 e. The third-order valence-electron chi connectivity index (χ3n) is 3.97. The van der Waals surface area contributed by atoms with E-state index in [4.69, 9.17) is 46.2 Å². The highest BCUT2D eigenvalue weighted by Crippen LogP contribution is 2.28. The van der Waals surface area contributed by atoms with Gasteiger partial charge >= 0.3 is 11.9 Å². The Morgan fingerprint density at radius 1 is 1.03 bits per heavy atom. The molecular weight excluding hydrogens is 438 g/mol. The summed E-state index contributed by atoms with van der Waals surface area (Å²) in [4.78, 5) is 24.5. The number of carbonyl (C=O) groups is 2. The summed E-state index contributed by atoms with van der Waals surface area (Å²) in [6, 6.07) is 9.83. The number of methoxy groups -OCH3 is 3. The quantitative estimate of drug-likeness (QED) is 0.284. The van der Waals surface area contributed by atoms with E-state index < -0.39 is 11.9 Å². The van der Waals surface area contributed by atoms with Gasteiger partial charge in [0, 0.05) is 39.1 Å². The molecule has 0 spiro atoms. The number of carboxylic acids is 2. The van der Waals surface area contributed by atoms with Crippen molar-refractivity contribution in [2.75, 3.05) is 34.5 Å². The molecule has 0 bridgehead atoms. The van der Waals surface area contributed by atoms with Gasteiger partial charge in [0.15, 0.2) is 16.6 Å². The second-order valence-corrected chi connectivity index (χ2v) is 6.63. The summed E-state index contributed by atoms with van der Waals surface area (Å²) in [7, 11) is 4.93. The number of rotatable bonds is 9. The number of benzene rings is 1. The molecule has 2 rings (SSSR count). The Kier molecular flexibility index (Phi) is 12.1. The number of hydrogen-bond acceptors (Lipinski definition) is 7. The van der Waals surface area contributed by atoms with Gasteiger partial charge in [0.1, 0.15) is 0 Å². The zero-order chi connectivity index (χ0) is 23.9. The first kappa shape index (κ1) is 26.6. The molecule has 174 valence electrons. The number of aromatic nitrogens is 1. The Morgan fingerprint density at radius 3 is 2.22 bits per heavy atom. The molecule has 3 N–H and O–H groups in total. The molecule has 0 unspecified atom stereocenters. The van der Waals surface area contributed by atoms with Gasteiger partial charge in [-0.2, -0.15) is 0 Å². The van der Waals surface area contributed by atoms with E-state index in [0.717, 1.165) is 11.1 Å². The molecule has 0 amide bonds. The van der Waals surface area contributed by atoms with E-state index in [1.54, 1.807) is 27.5 Å². The van der Waals surface area contributed by atoms with E-state index in [1.807, 2.05) is 36.5 Å².